The summed E-state index contributed by atoms with van der Waals surface area (Å²) in [6, 6.07) is 7.88. The highest BCUT2D eigenvalue weighted by atomic mass is 16.3. The van der Waals surface area contributed by atoms with Gasteiger partial charge in [-0.2, -0.15) is 0 Å². The molecular weight excluding hydrogens is 318 g/mol. The maximum atomic E-state index is 12.1. The van der Waals surface area contributed by atoms with Crippen LogP contribution in [0.3, 0.4) is 0 Å². The molecule has 3 heterocycles. The number of oxazole rings is 1. The third-order valence-electron chi connectivity index (χ3n) is 4.81. The number of carbonyl (C=O) groups excluding carboxylic acids is 1. The van der Waals surface area contributed by atoms with Gasteiger partial charge in [0, 0.05) is 24.9 Å². The SMILES string of the molecule is CNC(=O)C1CCN(c2ncnc3ccccc23)C(c2cocn2)C1. The summed E-state index contributed by atoms with van der Waals surface area (Å²) in [6.07, 6.45) is 6.10. The van der Waals surface area contributed by atoms with E-state index < -0.39 is 0 Å². The minimum atomic E-state index is -0.0619. The molecule has 0 spiro atoms. The van der Waals surface area contributed by atoms with Crippen LogP contribution in [0, 0.1) is 5.92 Å². The first kappa shape index (κ1) is 15.6. The van der Waals surface area contributed by atoms with E-state index in [0.717, 1.165) is 35.4 Å². The molecule has 0 bridgehead atoms. The van der Waals surface area contributed by atoms with E-state index >= 15 is 0 Å². The van der Waals surface area contributed by atoms with Gasteiger partial charge >= 0.3 is 0 Å². The molecule has 1 N–H and O–H groups in total. The molecule has 128 valence electrons. The second-order valence-electron chi connectivity index (χ2n) is 6.17. The van der Waals surface area contributed by atoms with Gasteiger partial charge in [-0.25, -0.2) is 15.0 Å². The number of fused-ring (bicyclic) bond motifs is 1. The molecule has 1 saturated heterocycles. The number of hydrogen-bond donors (Lipinski definition) is 1. The number of para-hydroxylation sites is 1. The molecule has 0 aliphatic carbocycles. The van der Waals surface area contributed by atoms with Crippen molar-refractivity contribution in [3.05, 3.63) is 48.9 Å². The zero-order valence-electron chi connectivity index (χ0n) is 13.9. The molecule has 4 rings (SSSR count). The van der Waals surface area contributed by atoms with E-state index in [0.29, 0.717) is 6.42 Å². The predicted octanol–water partition coefficient (Wildman–Crippen LogP) is 2.32. The quantitative estimate of drug-likeness (QED) is 0.789. The Balaban J connectivity index is 1.75. The number of nitrogens with one attached hydrogen (secondary N) is 1. The van der Waals surface area contributed by atoms with Gasteiger partial charge in [-0.15, -0.1) is 0 Å². The Morgan fingerprint density at radius 1 is 1.28 bits per heavy atom. The third kappa shape index (κ3) is 2.82. The zero-order chi connectivity index (χ0) is 17.2. The first-order chi connectivity index (χ1) is 12.3. The summed E-state index contributed by atoms with van der Waals surface area (Å²) in [5.74, 6) is 0.894. The average Bonchev–Trinajstić information content (AvgIpc) is 3.21. The van der Waals surface area contributed by atoms with Crippen molar-refractivity contribution in [2.45, 2.75) is 18.9 Å². The number of aromatic nitrogens is 3. The Morgan fingerprint density at radius 2 is 2.16 bits per heavy atom. The van der Waals surface area contributed by atoms with Crippen molar-refractivity contribution in [3.8, 4) is 0 Å². The smallest absolute Gasteiger partial charge is 0.223 e. The predicted molar refractivity (Wildman–Crippen MR) is 92.9 cm³/mol. The molecule has 7 nitrogen and oxygen atoms in total. The van der Waals surface area contributed by atoms with E-state index in [4.69, 9.17) is 4.42 Å². The van der Waals surface area contributed by atoms with Crippen LogP contribution in [0.2, 0.25) is 0 Å². The van der Waals surface area contributed by atoms with E-state index in [9.17, 15) is 4.79 Å². The monoisotopic (exact) mass is 337 g/mol. The summed E-state index contributed by atoms with van der Waals surface area (Å²) in [6.45, 7) is 0.719. The lowest BCUT2D eigenvalue weighted by atomic mass is 9.88. The van der Waals surface area contributed by atoms with Crippen LogP contribution in [0.25, 0.3) is 10.9 Å². The number of benzene rings is 1. The van der Waals surface area contributed by atoms with Gasteiger partial charge in [0.1, 0.15) is 24.1 Å². The molecule has 1 fully saturated rings. The van der Waals surface area contributed by atoms with Gasteiger partial charge in [0.2, 0.25) is 5.91 Å². The zero-order valence-corrected chi connectivity index (χ0v) is 13.9. The van der Waals surface area contributed by atoms with Crippen LogP contribution in [-0.4, -0.2) is 34.5 Å². The average molecular weight is 337 g/mol. The number of amides is 1. The number of rotatable bonds is 3. The summed E-state index contributed by atoms with van der Waals surface area (Å²) in [5.41, 5.74) is 1.72. The fourth-order valence-corrected chi connectivity index (χ4v) is 3.55. The molecule has 0 saturated carbocycles. The van der Waals surface area contributed by atoms with Crippen LogP contribution in [0.15, 0.2) is 47.7 Å². The molecule has 25 heavy (non-hydrogen) atoms. The number of hydrogen-bond acceptors (Lipinski definition) is 6. The highest BCUT2D eigenvalue weighted by Gasteiger charge is 2.35. The largest absolute Gasteiger partial charge is 0.451 e. The lowest BCUT2D eigenvalue weighted by molar-refractivity contribution is -0.125. The van der Waals surface area contributed by atoms with Gasteiger partial charge in [-0.1, -0.05) is 12.1 Å². The molecule has 1 amide bonds. The third-order valence-corrected chi connectivity index (χ3v) is 4.81. The van der Waals surface area contributed by atoms with E-state index in [1.807, 2.05) is 24.3 Å². The molecule has 7 heteroatoms. The fraction of sp³-hybridized carbons (Fsp3) is 0.333. The maximum Gasteiger partial charge on any atom is 0.223 e. The molecule has 2 aromatic heterocycles. The Morgan fingerprint density at radius 3 is 2.96 bits per heavy atom. The van der Waals surface area contributed by atoms with Crippen LogP contribution in [0.4, 0.5) is 5.82 Å². The van der Waals surface area contributed by atoms with Crippen molar-refractivity contribution < 1.29 is 9.21 Å². The normalized spacial score (nSPS) is 20.6. The molecule has 3 aromatic rings. The lowest BCUT2D eigenvalue weighted by Gasteiger charge is -2.39. The van der Waals surface area contributed by atoms with Crippen molar-refractivity contribution in [1.82, 2.24) is 20.3 Å². The summed E-state index contributed by atoms with van der Waals surface area (Å²) in [5, 5.41) is 3.75. The van der Waals surface area contributed by atoms with Crippen LogP contribution >= 0.6 is 0 Å². The van der Waals surface area contributed by atoms with E-state index in [1.54, 1.807) is 19.6 Å². The van der Waals surface area contributed by atoms with Gasteiger partial charge in [0.15, 0.2) is 6.39 Å². The van der Waals surface area contributed by atoms with Gasteiger partial charge in [0.05, 0.1) is 11.6 Å². The fourth-order valence-electron chi connectivity index (χ4n) is 3.55. The van der Waals surface area contributed by atoms with E-state index in [-0.39, 0.29) is 17.9 Å². The summed E-state index contributed by atoms with van der Waals surface area (Å²) in [4.78, 5) is 27.6. The van der Waals surface area contributed by atoms with Gasteiger partial charge in [-0.3, -0.25) is 4.79 Å². The van der Waals surface area contributed by atoms with Gasteiger partial charge in [0.25, 0.3) is 0 Å². The minimum absolute atomic E-state index is 0.0453. The molecule has 1 aromatic carbocycles. The minimum Gasteiger partial charge on any atom is -0.451 e. The van der Waals surface area contributed by atoms with Crippen molar-refractivity contribution in [3.63, 3.8) is 0 Å². The second kappa shape index (κ2) is 6.51. The summed E-state index contributed by atoms with van der Waals surface area (Å²) < 4.78 is 5.19. The Kier molecular flexibility index (Phi) is 4.05. The lowest BCUT2D eigenvalue weighted by Crippen LogP contribution is -2.42. The highest BCUT2D eigenvalue weighted by Crippen LogP contribution is 2.38. The topological polar surface area (TPSA) is 84.2 Å². The van der Waals surface area contributed by atoms with Crippen molar-refractivity contribution in [1.29, 1.82) is 0 Å². The summed E-state index contributed by atoms with van der Waals surface area (Å²) in [7, 11) is 1.68. The van der Waals surface area contributed by atoms with Crippen LogP contribution in [-0.2, 0) is 4.79 Å². The molecule has 1 aliphatic rings. The van der Waals surface area contributed by atoms with Crippen LogP contribution in [0.5, 0.6) is 0 Å². The molecule has 1 aliphatic heterocycles. The highest BCUT2D eigenvalue weighted by molar-refractivity contribution is 5.89. The van der Waals surface area contributed by atoms with Crippen LogP contribution < -0.4 is 10.2 Å². The van der Waals surface area contributed by atoms with E-state index in [2.05, 4.69) is 25.2 Å². The summed E-state index contributed by atoms with van der Waals surface area (Å²) >= 11 is 0. The van der Waals surface area contributed by atoms with E-state index in [1.165, 1.54) is 6.39 Å². The number of piperidine rings is 1. The molecule has 0 radical (unpaired) electrons. The van der Waals surface area contributed by atoms with Gasteiger partial charge in [-0.05, 0) is 25.0 Å². The van der Waals surface area contributed by atoms with Crippen LogP contribution in [0.1, 0.15) is 24.6 Å². The van der Waals surface area contributed by atoms with Crippen molar-refractivity contribution >= 4 is 22.6 Å². The van der Waals surface area contributed by atoms with Crippen molar-refractivity contribution in [2.24, 2.45) is 5.92 Å². The van der Waals surface area contributed by atoms with Gasteiger partial charge < -0.3 is 14.6 Å². The number of anilines is 1. The molecule has 2 atom stereocenters. The number of nitrogens with zero attached hydrogens (tertiary/aromatic N) is 4. The second-order valence-corrected chi connectivity index (χ2v) is 6.17. The Bertz CT molecular complexity index is 875. The Hall–Kier alpha value is -2.96. The first-order valence-electron chi connectivity index (χ1n) is 8.34. The number of carbonyl (C=O) groups is 1. The molecule has 2 unspecified atom stereocenters. The first-order valence-corrected chi connectivity index (χ1v) is 8.34. The standard InChI is InChI=1S/C18H19N5O2/c1-19-18(24)12-6-7-23(16(8-12)15-9-25-11-22-15)17-13-4-2-3-5-14(13)20-10-21-17/h2-5,9-12,16H,6-8H2,1H3,(H,19,24). The maximum absolute atomic E-state index is 12.1. The molecular formula is C18H19N5O2. The Labute approximate surface area is 145 Å². The van der Waals surface area contributed by atoms with Crippen molar-refractivity contribution in [2.75, 3.05) is 18.5 Å².